The van der Waals surface area contributed by atoms with Crippen molar-refractivity contribution in [1.82, 2.24) is 0 Å². The molecular formula is C13H10Cl2O. The molecule has 82 valence electrons. The van der Waals surface area contributed by atoms with Gasteiger partial charge >= 0.3 is 0 Å². The van der Waals surface area contributed by atoms with Crippen molar-refractivity contribution in [2.24, 2.45) is 0 Å². The van der Waals surface area contributed by atoms with Gasteiger partial charge in [0.05, 0.1) is 10.0 Å². The lowest BCUT2D eigenvalue weighted by Gasteiger charge is -2.06. The number of benzene rings is 2. The molecule has 0 aliphatic rings. The molecule has 0 aliphatic heterocycles. The van der Waals surface area contributed by atoms with Crippen molar-refractivity contribution in [2.75, 3.05) is 0 Å². The van der Waals surface area contributed by atoms with Gasteiger partial charge in [-0.25, -0.2) is 0 Å². The summed E-state index contributed by atoms with van der Waals surface area (Å²) >= 11 is 11.7. The van der Waals surface area contributed by atoms with Crippen LogP contribution in [0.3, 0.4) is 0 Å². The van der Waals surface area contributed by atoms with Crippen molar-refractivity contribution in [3.63, 3.8) is 0 Å². The summed E-state index contributed by atoms with van der Waals surface area (Å²) in [6.07, 6.45) is 0. The molecule has 16 heavy (non-hydrogen) atoms. The van der Waals surface area contributed by atoms with Crippen LogP contribution in [0.4, 0.5) is 0 Å². The van der Waals surface area contributed by atoms with E-state index < -0.39 is 0 Å². The Balaban J connectivity index is 2.20. The molecule has 0 unspecified atom stereocenters. The Labute approximate surface area is 105 Å². The number of halogens is 2. The lowest BCUT2D eigenvalue weighted by atomic mass is 10.2. The molecule has 0 spiro atoms. The Kier molecular flexibility index (Phi) is 3.37. The standard InChI is InChI=1S/C13H10Cl2O/c1-9-2-4-10(5-3-9)16-11-6-7-12(14)13(15)8-11/h2-8H,1H3. The third kappa shape index (κ3) is 2.69. The molecule has 0 aromatic heterocycles. The SMILES string of the molecule is Cc1ccc(Oc2ccc(Cl)c(Cl)c2)cc1. The van der Waals surface area contributed by atoms with E-state index >= 15 is 0 Å². The minimum atomic E-state index is 0.492. The largest absolute Gasteiger partial charge is 0.457 e. The summed E-state index contributed by atoms with van der Waals surface area (Å²) < 4.78 is 5.63. The lowest BCUT2D eigenvalue weighted by molar-refractivity contribution is 0.482. The van der Waals surface area contributed by atoms with Gasteiger partial charge in [0, 0.05) is 6.07 Å². The van der Waals surface area contributed by atoms with E-state index in [-0.39, 0.29) is 0 Å². The van der Waals surface area contributed by atoms with Gasteiger partial charge in [-0.15, -0.1) is 0 Å². The highest BCUT2D eigenvalue weighted by molar-refractivity contribution is 6.42. The van der Waals surface area contributed by atoms with Crippen molar-refractivity contribution < 1.29 is 4.74 Å². The highest BCUT2D eigenvalue weighted by Gasteiger charge is 2.01. The Hall–Kier alpha value is -1.18. The molecule has 0 N–H and O–H groups in total. The van der Waals surface area contributed by atoms with Crippen molar-refractivity contribution in [3.8, 4) is 11.5 Å². The van der Waals surface area contributed by atoms with Gasteiger partial charge in [-0.05, 0) is 31.2 Å². The van der Waals surface area contributed by atoms with E-state index in [1.165, 1.54) is 5.56 Å². The van der Waals surface area contributed by atoms with Crippen molar-refractivity contribution in [1.29, 1.82) is 0 Å². The topological polar surface area (TPSA) is 9.23 Å². The first-order chi connectivity index (χ1) is 7.65. The molecule has 2 aromatic carbocycles. The number of rotatable bonds is 2. The maximum absolute atomic E-state index is 5.89. The second-order valence-electron chi connectivity index (χ2n) is 3.49. The number of aryl methyl sites for hydroxylation is 1. The molecule has 0 fully saturated rings. The molecule has 1 nitrogen and oxygen atoms in total. The van der Waals surface area contributed by atoms with E-state index in [1.807, 2.05) is 31.2 Å². The molecular weight excluding hydrogens is 243 g/mol. The van der Waals surface area contributed by atoms with Gasteiger partial charge in [0.15, 0.2) is 0 Å². The van der Waals surface area contributed by atoms with Crippen LogP contribution in [0, 0.1) is 6.92 Å². The van der Waals surface area contributed by atoms with Gasteiger partial charge < -0.3 is 4.74 Å². The average molecular weight is 253 g/mol. The van der Waals surface area contributed by atoms with Gasteiger partial charge in [-0.1, -0.05) is 40.9 Å². The van der Waals surface area contributed by atoms with Crippen LogP contribution in [-0.2, 0) is 0 Å². The van der Waals surface area contributed by atoms with E-state index in [1.54, 1.807) is 18.2 Å². The van der Waals surface area contributed by atoms with Crippen LogP contribution in [-0.4, -0.2) is 0 Å². The van der Waals surface area contributed by atoms with Crippen molar-refractivity contribution in [2.45, 2.75) is 6.92 Å². The number of hydrogen-bond acceptors (Lipinski definition) is 1. The summed E-state index contributed by atoms with van der Waals surface area (Å²) in [6.45, 7) is 2.03. The Morgan fingerprint density at radius 1 is 0.812 bits per heavy atom. The zero-order chi connectivity index (χ0) is 11.5. The van der Waals surface area contributed by atoms with Gasteiger partial charge in [0.1, 0.15) is 11.5 Å². The molecule has 0 amide bonds. The first-order valence-electron chi connectivity index (χ1n) is 4.85. The van der Waals surface area contributed by atoms with E-state index in [0.29, 0.717) is 15.8 Å². The highest BCUT2D eigenvalue weighted by Crippen LogP contribution is 2.29. The molecule has 0 atom stereocenters. The fourth-order valence-corrected chi connectivity index (χ4v) is 1.57. The van der Waals surface area contributed by atoms with Gasteiger partial charge in [0.2, 0.25) is 0 Å². The van der Waals surface area contributed by atoms with Crippen LogP contribution in [0.25, 0.3) is 0 Å². The molecule has 0 heterocycles. The number of ether oxygens (including phenoxy) is 1. The molecule has 0 bridgehead atoms. The Morgan fingerprint density at radius 2 is 1.44 bits per heavy atom. The molecule has 0 aliphatic carbocycles. The van der Waals surface area contributed by atoms with E-state index in [2.05, 4.69) is 0 Å². The maximum atomic E-state index is 5.89. The Bertz CT molecular complexity index is 492. The first-order valence-corrected chi connectivity index (χ1v) is 5.60. The van der Waals surface area contributed by atoms with Gasteiger partial charge in [-0.2, -0.15) is 0 Å². The van der Waals surface area contributed by atoms with Crippen LogP contribution < -0.4 is 4.74 Å². The lowest BCUT2D eigenvalue weighted by Crippen LogP contribution is -1.84. The summed E-state index contributed by atoms with van der Waals surface area (Å²) in [5.41, 5.74) is 1.20. The summed E-state index contributed by atoms with van der Waals surface area (Å²) in [7, 11) is 0. The predicted octanol–water partition coefficient (Wildman–Crippen LogP) is 5.09. The second kappa shape index (κ2) is 4.77. The zero-order valence-electron chi connectivity index (χ0n) is 8.71. The first kappa shape index (κ1) is 11.3. The zero-order valence-corrected chi connectivity index (χ0v) is 10.2. The third-order valence-electron chi connectivity index (χ3n) is 2.15. The fraction of sp³-hybridized carbons (Fsp3) is 0.0769. The smallest absolute Gasteiger partial charge is 0.129 e. The van der Waals surface area contributed by atoms with Crippen LogP contribution in [0.5, 0.6) is 11.5 Å². The molecule has 0 radical (unpaired) electrons. The van der Waals surface area contributed by atoms with Gasteiger partial charge in [0.25, 0.3) is 0 Å². The summed E-state index contributed by atoms with van der Waals surface area (Å²) in [5.74, 6) is 1.46. The summed E-state index contributed by atoms with van der Waals surface area (Å²) in [4.78, 5) is 0. The quantitative estimate of drug-likeness (QED) is 0.723. The third-order valence-corrected chi connectivity index (χ3v) is 2.89. The van der Waals surface area contributed by atoms with E-state index in [0.717, 1.165) is 5.75 Å². The minimum absolute atomic E-state index is 0.492. The van der Waals surface area contributed by atoms with Crippen LogP contribution >= 0.6 is 23.2 Å². The second-order valence-corrected chi connectivity index (χ2v) is 4.31. The van der Waals surface area contributed by atoms with Crippen molar-refractivity contribution >= 4 is 23.2 Å². The van der Waals surface area contributed by atoms with Gasteiger partial charge in [-0.3, -0.25) is 0 Å². The highest BCUT2D eigenvalue weighted by atomic mass is 35.5. The predicted molar refractivity (Wildman–Crippen MR) is 67.7 cm³/mol. The van der Waals surface area contributed by atoms with E-state index in [4.69, 9.17) is 27.9 Å². The van der Waals surface area contributed by atoms with Crippen LogP contribution in [0.15, 0.2) is 42.5 Å². The number of hydrogen-bond donors (Lipinski definition) is 0. The normalized spacial score (nSPS) is 10.2. The molecule has 0 saturated heterocycles. The maximum Gasteiger partial charge on any atom is 0.129 e. The summed E-state index contributed by atoms with van der Waals surface area (Å²) in [5, 5.41) is 1.02. The molecule has 2 aromatic rings. The Morgan fingerprint density at radius 3 is 2.06 bits per heavy atom. The van der Waals surface area contributed by atoms with Crippen molar-refractivity contribution in [3.05, 3.63) is 58.1 Å². The fourth-order valence-electron chi connectivity index (χ4n) is 1.28. The van der Waals surface area contributed by atoms with E-state index in [9.17, 15) is 0 Å². The molecule has 3 heteroatoms. The average Bonchev–Trinajstić information content (AvgIpc) is 2.27. The molecule has 0 saturated carbocycles. The minimum Gasteiger partial charge on any atom is -0.457 e. The van der Waals surface area contributed by atoms with Crippen LogP contribution in [0.1, 0.15) is 5.56 Å². The summed E-state index contributed by atoms with van der Waals surface area (Å²) in [6, 6.07) is 13.0. The van der Waals surface area contributed by atoms with Crippen LogP contribution in [0.2, 0.25) is 10.0 Å². The monoisotopic (exact) mass is 252 g/mol. The molecule has 2 rings (SSSR count).